The van der Waals surface area contributed by atoms with Gasteiger partial charge in [0.1, 0.15) is 0 Å². The Morgan fingerprint density at radius 3 is 2.71 bits per heavy atom. The highest BCUT2D eigenvalue weighted by Crippen LogP contribution is 2.23. The molecule has 2 aromatic rings. The normalized spacial score (nSPS) is 10.5. The summed E-state index contributed by atoms with van der Waals surface area (Å²) in [4.78, 5) is 12.0. The Labute approximate surface area is 105 Å². The molecule has 0 aromatic carbocycles. The minimum Gasteiger partial charge on any atom is -0.343 e. The molecule has 2 rings (SSSR count). The fourth-order valence-corrected chi connectivity index (χ4v) is 2.17. The van der Waals surface area contributed by atoms with E-state index >= 15 is 0 Å². The number of rotatable bonds is 5. The second-order valence-electron chi connectivity index (χ2n) is 3.77. The Morgan fingerprint density at radius 1 is 1.35 bits per heavy atom. The molecule has 1 N–H and O–H groups in total. The topological polar surface area (TPSA) is 41.0 Å². The lowest BCUT2D eigenvalue weighted by atomic mass is 10.3. The molecule has 0 saturated carbocycles. The van der Waals surface area contributed by atoms with Gasteiger partial charge in [0, 0.05) is 43.0 Å². The van der Waals surface area contributed by atoms with E-state index in [0.29, 0.717) is 0 Å². The lowest BCUT2D eigenvalue weighted by molar-refractivity contribution is 0.753. The van der Waals surface area contributed by atoms with Crippen LogP contribution in [-0.2, 0) is 0 Å². The fraction of sp³-hybridized carbons (Fsp3) is 0.333. The van der Waals surface area contributed by atoms with Gasteiger partial charge >= 0.3 is 0 Å². The highest BCUT2D eigenvalue weighted by Gasteiger charge is 2.04. The van der Waals surface area contributed by atoms with Crippen LogP contribution in [0.2, 0.25) is 0 Å². The molecule has 2 heterocycles. The van der Waals surface area contributed by atoms with E-state index in [4.69, 9.17) is 0 Å². The molecule has 4 nitrogen and oxygen atoms in total. The van der Waals surface area contributed by atoms with Gasteiger partial charge in [-0.1, -0.05) is 6.07 Å². The number of anilines is 1. The van der Waals surface area contributed by atoms with E-state index in [1.54, 1.807) is 11.3 Å². The number of thiophene rings is 1. The standard InChI is InChI=1S/C12H16N4S/c1-13-5-6-16(2)12-14-8-10(9-15-12)11-4-3-7-17-11/h3-4,7-9,13H,5-6H2,1-2H3. The first kappa shape index (κ1) is 12.0. The lowest BCUT2D eigenvalue weighted by Crippen LogP contribution is -2.28. The molecule has 0 amide bonds. The molecule has 0 atom stereocenters. The third-order valence-electron chi connectivity index (χ3n) is 2.48. The monoisotopic (exact) mass is 248 g/mol. The van der Waals surface area contributed by atoms with Gasteiger partial charge in [-0.2, -0.15) is 0 Å². The van der Waals surface area contributed by atoms with E-state index in [1.807, 2.05) is 37.5 Å². The molecule has 0 bridgehead atoms. The minimum absolute atomic E-state index is 0.764. The molecular formula is C12H16N4S. The van der Waals surface area contributed by atoms with Crippen molar-refractivity contribution in [1.29, 1.82) is 0 Å². The van der Waals surface area contributed by atoms with Gasteiger partial charge in [-0.15, -0.1) is 11.3 Å². The van der Waals surface area contributed by atoms with E-state index in [1.165, 1.54) is 4.88 Å². The fourth-order valence-electron chi connectivity index (χ4n) is 1.47. The molecule has 0 unspecified atom stereocenters. The van der Waals surface area contributed by atoms with Crippen LogP contribution in [0, 0.1) is 0 Å². The van der Waals surface area contributed by atoms with E-state index in [0.717, 1.165) is 24.6 Å². The van der Waals surface area contributed by atoms with E-state index in [2.05, 4.69) is 26.7 Å². The summed E-state index contributed by atoms with van der Waals surface area (Å²) in [6.45, 7) is 1.82. The number of hydrogen-bond acceptors (Lipinski definition) is 5. The second-order valence-corrected chi connectivity index (χ2v) is 4.72. The van der Waals surface area contributed by atoms with Crippen LogP contribution in [0.25, 0.3) is 10.4 Å². The zero-order valence-electron chi connectivity index (χ0n) is 10.1. The second kappa shape index (κ2) is 5.75. The summed E-state index contributed by atoms with van der Waals surface area (Å²) in [5.41, 5.74) is 1.07. The zero-order valence-corrected chi connectivity index (χ0v) is 10.9. The molecule has 90 valence electrons. The Kier molecular flexibility index (Phi) is 4.06. The van der Waals surface area contributed by atoms with Crippen molar-refractivity contribution in [2.45, 2.75) is 0 Å². The van der Waals surface area contributed by atoms with Crippen molar-refractivity contribution in [3.63, 3.8) is 0 Å². The van der Waals surface area contributed by atoms with Crippen molar-refractivity contribution in [2.75, 3.05) is 32.1 Å². The molecule has 0 radical (unpaired) electrons. The first-order valence-electron chi connectivity index (χ1n) is 5.53. The van der Waals surface area contributed by atoms with Crippen LogP contribution < -0.4 is 10.2 Å². The predicted molar refractivity (Wildman–Crippen MR) is 72.5 cm³/mol. The number of nitrogens with zero attached hydrogens (tertiary/aromatic N) is 3. The molecule has 17 heavy (non-hydrogen) atoms. The first-order chi connectivity index (χ1) is 8.31. The molecule has 2 aromatic heterocycles. The number of likely N-dealkylation sites (N-methyl/N-ethyl adjacent to an activating group) is 2. The number of nitrogens with one attached hydrogen (secondary N) is 1. The van der Waals surface area contributed by atoms with E-state index < -0.39 is 0 Å². The van der Waals surface area contributed by atoms with Crippen LogP contribution in [0.4, 0.5) is 5.95 Å². The Bertz CT molecular complexity index is 438. The molecular weight excluding hydrogens is 232 g/mol. The van der Waals surface area contributed by atoms with Crippen molar-refractivity contribution in [3.8, 4) is 10.4 Å². The number of hydrogen-bond donors (Lipinski definition) is 1. The molecule has 0 aliphatic rings. The molecule has 0 saturated heterocycles. The van der Waals surface area contributed by atoms with Gasteiger partial charge in [0.25, 0.3) is 0 Å². The van der Waals surface area contributed by atoms with Crippen LogP contribution in [0.3, 0.4) is 0 Å². The highest BCUT2D eigenvalue weighted by atomic mass is 32.1. The minimum atomic E-state index is 0.764. The predicted octanol–water partition coefficient (Wildman–Crippen LogP) is 1.86. The summed E-state index contributed by atoms with van der Waals surface area (Å²) in [5, 5.41) is 5.16. The summed E-state index contributed by atoms with van der Waals surface area (Å²) in [7, 11) is 3.94. The molecule has 0 aliphatic carbocycles. The molecule has 0 fully saturated rings. The SMILES string of the molecule is CNCCN(C)c1ncc(-c2cccs2)cn1. The Balaban J connectivity index is 2.08. The third-order valence-corrected chi connectivity index (χ3v) is 3.40. The van der Waals surface area contributed by atoms with Crippen LogP contribution in [0.1, 0.15) is 0 Å². The van der Waals surface area contributed by atoms with Crippen LogP contribution in [0.5, 0.6) is 0 Å². The van der Waals surface area contributed by atoms with Gasteiger partial charge < -0.3 is 10.2 Å². The van der Waals surface area contributed by atoms with Crippen LogP contribution in [0.15, 0.2) is 29.9 Å². The number of aromatic nitrogens is 2. The molecule has 0 spiro atoms. The molecule has 5 heteroatoms. The summed E-state index contributed by atoms with van der Waals surface area (Å²) in [6.07, 6.45) is 3.76. The van der Waals surface area contributed by atoms with Gasteiger partial charge in [-0.05, 0) is 18.5 Å². The van der Waals surface area contributed by atoms with Crippen molar-refractivity contribution in [1.82, 2.24) is 15.3 Å². The average Bonchev–Trinajstić information content (AvgIpc) is 2.90. The van der Waals surface area contributed by atoms with Gasteiger partial charge in [0.15, 0.2) is 0 Å². The highest BCUT2D eigenvalue weighted by molar-refractivity contribution is 7.13. The smallest absolute Gasteiger partial charge is 0.225 e. The van der Waals surface area contributed by atoms with Crippen LogP contribution >= 0.6 is 11.3 Å². The molecule has 0 aliphatic heterocycles. The first-order valence-corrected chi connectivity index (χ1v) is 6.41. The van der Waals surface area contributed by atoms with Crippen molar-refractivity contribution in [2.24, 2.45) is 0 Å². The quantitative estimate of drug-likeness (QED) is 0.877. The Hall–Kier alpha value is -1.46. The maximum Gasteiger partial charge on any atom is 0.225 e. The summed E-state index contributed by atoms with van der Waals surface area (Å²) in [5.74, 6) is 0.764. The summed E-state index contributed by atoms with van der Waals surface area (Å²) >= 11 is 1.70. The average molecular weight is 248 g/mol. The largest absolute Gasteiger partial charge is 0.343 e. The maximum absolute atomic E-state index is 4.38. The van der Waals surface area contributed by atoms with E-state index in [-0.39, 0.29) is 0 Å². The lowest BCUT2D eigenvalue weighted by Gasteiger charge is -2.16. The van der Waals surface area contributed by atoms with Gasteiger partial charge in [0.05, 0.1) is 0 Å². The Morgan fingerprint density at radius 2 is 2.12 bits per heavy atom. The van der Waals surface area contributed by atoms with Gasteiger partial charge in [-0.3, -0.25) is 0 Å². The third kappa shape index (κ3) is 3.01. The van der Waals surface area contributed by atoms with Crippen molar-refractivity contribution >= 4 is 17.3 Å². The van der Waals surface area contributed by atoms with Crippen molar-refractivity contribution in [3.05, 3.63) is 29.9 Å². The van der Waals surface area contributed by atoms with Gasteiger partial charge in [0.2, 0.25) is 5.95 Å². The summed E-state index contributed by atoms with van der Waals surface area (Å²) < 4.78 is 0. The zero-order chi connectivity index (χ0) is 12.1. The maximum atomic E-state index is 4.38. The van der Waals surface area contributed by atoms with E-state index in [9.17, 15) is 0 Å². The van der Waals surface area contributed by atoms with Gasteiger partial charge in [-0.25, -0.2) is 9.97 Å². The van der Waals surface area contributed by atoms with Crippen molar-refractivity contribution < 1.29 is 0 Å². The summed E-state index contributed by atoms with van der Waals surface area (Å²) in [6, 6.07) is 4.11. The van der Waals surface area contributed by atoms with Crippen LogP contribution in [-0.4, -0.2) is 37.2 Å².